The number of hydrogen-bond donors (Lipinski definition) is 1. The summed E-state index contributed by atoms with van der Waals surface area (Å²) >= 11 is 0. The molecule has 0 aromatic carbocycles. The molecule has 1 heterocycles. The molecule has 2 rings (SSSR count). The average Bonchev–Trinajstić information content (AvgIpc) is 2.59. The fourth-order valence-electron chi connectivity index (χ4n) is 2.37. The standard InChI is InChI=1S/C12H20N2O/c1-10-8-13-14(9-10)11-6-4-2-3-5-7-12(11)15/h8-9,11-12,15H,2-7H2,1H3. The maximum atomic E-state index is 10.1. The Kier molecular flexibility index (Phi) is 3.41. The van der Waals surface area contributed by atoms with Gasteiger partial charge in [0.15, 0.2) is 0 Å². The van der Waals surface area contributed by atoms with Gasteiger partial charge in [-0.2, -0.15) is 5.10 Å². The fraction of sp³-hybridized carbons (Fsp3) is 0.750. The molecule has 84 valence electrons. The van der Waals surface area contributed by atoms with Gasteiger partial charge in [0.2, 0.25) is 0 Å². The molecule has 1 saturated carbocycles. The third-order valence-corrected chi connectivity index (χ3v) is 3.26. The van der Waals surface area contributed by atoms with Crippen molar-refractivity contribution in [3.63, 3.8) is 0 Å². The molecular formula is C12H20N2O. The van der Waals surface area contributed by atoms with Crippen molar-refractivity contribution in [1.82, 2.24) is 9.78 Å². The van der Waals surface area contributed by atoms with Crippen molar-refractivity contribution in [3.05, 3.63) is 18.0 Å². The van der Waals surface area contributed by atoms with Gasteiger partial charge in [-0.25, -0.2) is 0 Å². The quantitative estimate of drug-likeness (QED) is 0.769. The van der Waals surface area contributed by atoms with E-state index in [4.69, 9.17) is 0 Å². The fourth-order valence-corrected chi connectivity index (χ4v) is 2.37. The van der Waals surface area contributed by atoms with Crippen LogP contribution in [0.25, 0.3) is 0 Å². The number of aliphatic hydroxyl groups excluding tert-OH is 1. The molecular weight excluding hydrogens is 188 g/mol. The van der Waals surface area contributed by atoms with E-state index in [1.807, 2.05) is 24.0 Å². The minimum atomic E-state index is -0.218. The van der Waals surface area contributed by atoms with Crippen LogP contribution < -0.4 is 0 Å². The van der Waals surface area contributed by atoms with Crippen molar-refractivity contribution < 1.29 is 5.11 Å². The zero-order valence-electron chi connectivity index (χ0n) is 9.39. The summed E-state index contributed by atoms with van der Waals surface area (Å²) in [5, 5.41) is 14.4. The molecule has 1 aliphatic carbocycles. The van der Waals surface area contributed by atoms with Crippen LogP contribution in [0.15, 0.2) is 12.4 Å². The molecule has 0 aliphatic heterocycles. The van der Waals surface area contributed by atoms with Gasteiger partial charge in [-0.1, -0.05) is 25.7 Å². The van der Waals surface area contributed by atoms with Crippen molar-refractivity contribution in [2.24, 2.45) is 0 Å². The van der Waals surface area contributed by atoms with Gasteiger partial charge in [-0.15, -0.1) is 0 Å². The minimum absolute atomic E-state index is 0.194. The molecule has 1 N–H and O–H groups in total. The molecule has 1 aromatic rings. The summed E-state index contributed by atoms with van der Waals surface area (Å²) in [7, 11) is 0. The molecule has 0 amide bonds. The molecule has 1 aliphatic rings. The number of nitrogens with zero attached hydrogens (tertiary/aromatic N) is 2. The number of rotatable bonds is 1. The Labute approximate surface area is 91.1 Å². The van der Waals surface area contributed by atoms with E-state index in [0.29, 0.717) is 0 Å². The Morgan fingerprint density at radius 1 is 1.27 bits per heavy atom. The summed E-state index contributed by atoms with van der Waals surface area (Å²) in [6, 6.07) is 0.194. The van der Waals surface area contributed by atoms with E-state index in [9.17, 15) is 5.11 Å². The number of aromatic nitrogens is 2. The van der Waals surface area contributed by atoms with Crippen LogP contribution in [-0.2, 0) is 0 Å². The molecule has 0 saturated heterocycles. The molecule has 15 heavy (non-hydrogen) atoms. The Morgan fingerprint density at radius 3 is 2.67 bits per heavy atom. The first-order chi connectivity index (χ1) is 7.27. The van der Waals surface area contributed by atoms with E-state index in [0.717, 1.165) is 19.3 Å². The van der Waals surface area contributed by atoms with Crippen molar-refractivity contribution in [2.45, 2.75) is 57.6 Å². The molecule has 3 nitrogen and oxygen atoms in total. The van der Waals surface area contributed by atoms with E-state index in [-0.39, 0.29) is 12.1 Å². The third kappa shape index (κ3) is 2.59. The predicted molar refractivity (Wildman–Crippen MR) is 59.7 cm³/mol. The Balaban J connectivity index is 2.10. The molecule has 1 aromatic heterocycles. The SMILES string of the molecule is Cc1cnn(C2CCCCCCC2O)c1. The molecule has 2 unspecified atom stereocenters. The van der Waals surface area contributed by atoms with Crippen molar-refractivity contribution in [2.75, 3.05) is 0 Å². The second-order valence-corrected chi connectivity index (χ2v) is 4.62. The second-order valence-electron chi connectivity index (χ2n) is 4.62. The van der Waals surface area contributed by atoms with Crippen LogP contribution in [0.5, 0.6) is 0 Å². The number of hydrogen-bond acceptors (Lipinski definition) is 2. The Bertz CT molecular complexity index is 308. The van der Waals surface area contributed by atoms with Crippen molar-refractivity contribution in [3.8, 4) is 0 Å². The lowest BCUT2D eigenvalue weighted by atomic mass is 9.94. The smallest absolute Gasteiger partial charge is 0.0778 e. The lowest BCUT2D eigenvalue weighted by Crippen LogP contribution is -2.25. The van der Waals surface area contributed by atoms with Crippen LogP contribution in [0.1, 0.15) is 50.1 Å². The molecule has 3 heteroatoms. The van der Waals surface area contributed by atoms with Gasteiger partial charge < -0.3 is 5.11 Å². The zero-order valence-corrected chi connectivity index (χ0v) is 9.39. The summed E-state index contributed by atoms with van der Waals surface area (Å²) in [5.41, 5.74) is 1.17. The van der Waals surface area contributed by atoms with Gasteiger partial charge in [0, 0.05) is 6.20 Å². The monoisotopic (exact) mass is 208 g/mol. The highest BCUT2D eigenvalue weighted by Crippen LogP contribution is 2.26. The van der Waals surface area contributed by atoms with Crippen LogP contribution in [0, 0.1) is 6.92 Å². The summed E-state index contributed by atoms with van der Waals surface area (Å²) in [4.78, 5) is 0. The number of aryl methyl sites for hydroxylation is 1. The van der Waals surface area contributed by atoms with Crippen LogP contribution in [-0.4, -0.2) is 21.0 Å². The predicted octanol–water partition coefficient (Wildman–Crippen LogP) is 2.45. The Morgan fingerprint density at radius 2 is 2.00 bits per heavy atom. The molecule has 0 bridgehead atoms. The van der Waals surface area contributed by atoms with Gasteiger partial charge in [0.1, 0.15) is 0 Å². The van der Waals surface area contributed by atoms with Crippen LogP contribution in [0.3, 0.4) is 0 Å². The Hall–Kier alpha value is -0.830. The summed E-state index contributed by atoms with van der Waals surface area (Å²) < 4.78 is 1.95. The van der Waals surface area contributed by atoms with Gasteiger partial charge in [0.25, 0.3) is 0 Å². The summed E-state index contributed by atoms with van der Waals surface area (Å²) in [5.74, 6) is 0. The summed E-state index contributed by atoms with van der Waals surface area (Å²) in [6.45, 7) is 2.04. The zero-order chi connectivity index (χ0) is 10.7. The molecule has 2 atom stereocenters. The molecule has 0 radical (unpaired) electrons. The van der Waals surface area contributed by atoms with Crippen LogP contribution in [0.4, 0.5) is 0 Å². The first-order valence-corrected chi connectivity index (χ1v) is 5.96. The van der Waals surface area contributed by atoms with Gasteiger partial charge >= 0.3 is 0 Å². The van der Waals surface area contributed by atoms with Gasteiger partial charge in [-0.05, 0) is 25.3 Å². The number of aliphatic hydroxyl groups is 1. The average molecular weight is 208 g/mol. The van der Waals surface area contributed by atoms with E-state index in [2.05, 4.69) is 5.10 Å². The molecule has 1 fully saturated rings. The first-order valence-electron chi connectivity index (χ1n) is 5.96. The van der Waals surface area contributed by atoms with Crippen LogP contribution >= 0.6 is 0 Å². The molecule has 0 spiro atoms. The topological polar surface area (TPSA) is 38.0 Å². The lowest BCUT2D eigenvalue weighted by molar-refractivity contribution is 0.0826. The maximum Gasteiger partial charge on any atom is 0.0778 e. The van der Waals surface area contributed by atoms with Crippen molar-refractivity contribution in [1.29, 1.82) is 0 Å². The highest BCUT2D eigenvalue weighted by Gasteiger charge is 2.22. The summed E-state index contributed by atoms with van der Waals surface area (Å²) in [6.07, 6.45) is 10.6. The van der Waals surface area contributed by atoms with Crippen LogP contribution in [0.2, 0.25) is 0 Å². The van der Waals surface area contributed by atoms with E-state index in [1.54, 1.807) is 0 Å². The minimum Gasteiger partial charge on any atom is -0.391 e. The lowest BCUT2D eigenvalue weighted by Gasteiger charge is -2.25. The third-order valence-electron chi connectivity index (χ3n) is 3.26. The second kappa shape index (κ2) is 4.79. The maximum absolute atomic E-state index is 10.1. The van der Waals surface area contributed by atoms with E-state index < -0.39 is 0 Å². The highest BCUT2D eigenvalue weighted by atomic mass is 16.3. The first kappa shape index (κ1) is 10.7. The van der Waals surface area contributed by atoms with Gasteiger partial charge in [0.05, 0.1) is 18.3 Å². The largest absolute Gasteiger partial charge is 0.391 e. The van der Waals surface area contributed by atoms with E-state index >= 15 is 0 Å². The van der Waals surface area contributed by atoms with Crippen molar-refractivity contribution >= 4 is 0 Å². The normalized spacial score (nSPS) is 28.4. The van der Waals surface area contributed by atoms with Gasteiger partial charge in [-0.3, -0.25) is 4.68 Å². The van der Waals surface area contributed by atoms with E-state index in [1.165, 1.54) is 24.8 Å². The highest BCUT2D eigenvalue weighted by molar-refractivity contribution is 5.01.